The van der Waals surface area contributed by atoms with Crippen LogP contribution in [0.4, 0.5) is 5.69 Å². The van der Waals surface area contributed by atoms with Gasteiger partial charge in [-0.3, -0.25) is 0 Å². The van der Waals surface area contributed by atoms with E-state index in [2.05, 4.69) is 10.5 Å². The first-order chi connectivity index (χ1) is 8.19. The van der Waals surface area contributed by atoms with Gasteiger partial charge in [-0.25, -0.2) is 0 Å². The molecule has 0 bridgehead atoms. The number of aromatic nitrogens is 1. The summed E-state index contributed by atoms with van der Waals surface area (Å²) in [6.45, 7) is 2.37. The Labute approximate surface area is 104 Å². The molecule has 17 heavy (non-hydrogen) atoms. The zero-order valence-corrected chi connectivity index (χ0v) is 9.95. The van der Waals surface area contributed by atoms with E-state index < -0.39 is 0 Å². The van der Waals surface area contributed by atoms with Crippen molar-refractivity contribution in [3.63, 3.8) is 0 Å². The second kappa shape index (κ2) is 4.89. The minimum absolute atomic E-state index is 0.506. The summed E-state index contributed by atoms with van der Waals surface area (Å²) in [6, 6.07) is 8.98. The smallest absolute Gasteiger partial charge is 0.156 e. The summed E-state index contributed by atoms with van der Waals surface area (Å²) in [6.07, 6.45) is 0. The molecule has 1 aromatic heterocycles. The van der Waals surface area contributed by atoms with Gasteiger partial charge in [0.1, 0.15) is 0 Å². The number of rotatable bonds is 3. The molecule has 1 aromatic carbocycles. The van der Waals surface area contributed by atoms with Gasteiger partial charge in [-0.05, 0) is 25.1 Å². The van der Waals surface area contributed by atoms with Crippen molar-refractivity contribution in [3.8, 4) is 6.07 Å². The van der Waals surface area contributed by atoms with E-state index in [1.54, 1.807) is 18.2 Å². The quantitative estimate of drug-likeness (QED) is 0.905. The number of nitrogens with one attached hydrogen (secondary N) is 1. The molecule has 5 heteroatoms. The van der Waals surface area contributed by atoms with Gasteiger partial charge in [0.2, 0.25) is 0 Å². The van der Waals surface area contributed by atoms with Gasteiger partial charge in [0.15, 0.2) is 5.76 Å². The second-order valence-electron chi connectivity index (χ2n) is 3.59. The summed E-state index contributed by atoms with van der Waals surface area (Å²) in [5.74, 6) is 0.739. The second-order valence-corrected chi connectivity index (χ2v) is 4.00. The number of anilines is 1. The van der Waals surface area contributed by atoms with Crippen LogP contribution < -0.4 is 5.32 Å². The molecule has 86 valence electrons. The molecule has 1 N–H and O–H groups in total. The van der Waals surface area contributed by atoms with Gasteiger partial charge in [-0.15, -0.1) is 0 Å². The Bertz CT molecular complexity index is 571. The van der Waals surface area contributed by atoms with E-state index in [0.717, 1.165) is 17.1 Å². The predicted molar refractivity (Wildman–Crippen MR) is 64.7 cm³/mol. The maximum absolute atomic E-state index is 8.71. The summed E-state index contributed by atoms with van der Waals surface area (Å²) < 4.78 is 5.06. The standard InChI is InChI=1S/C12H10ClN3O/c1-8-4-10(17-16-8)7-15-12-3-2-9(6-14)5-11(12)13/h2-5,15H,7H2,1H3. The fourth-order valence-electron chi connectivity index (χ4n) is 1.41. The average Bonchev–Trinajstić information content (AvgIpc) is 2.73. The first-order valence-corrected chi connectivity index (χ1v) is 5.42. The normalized spacial score (nSPS) is 9.94. The van der Waals surface area contributed by atoms with E-state index >= 15 is 0 Å². The highest BCUT2D eigenvalue weighted by Crippen LogP contribution is 2.23. The Balaban J connectivity index is 2.07. The summed E-state index contributed by atoms with van der Waals surface area (Å²) in [5, 5.41) is 16.1. The number of benzene rings is 1. The van der Waals surface area contributed by atoms with Crippen molar-refractivity contribution in [2.75, 3.05) is 5.32 Å². The topological polar surface area (TPSA) is 61.9 Å². The number of hydrogen-bond acceptors (Lipinski definition) is 4. The molecule has 0 unspecified atom stereocenters. The molecule has 4 nitrogen and oxygen atoms in total. The van der Waals surface area contributed by atoms with Crippen molar-refractivity contribution in [1.82, 2.24) is 5.16 Å². The number of halogens is 1. The van der Waals surface area contributed by atoms with E-state index in [9.17, 15) is 0 Å². The van der Waals surface area contributed by atoms with E-state index in [4.69, 9.17) is 21.4 Å². The lowest BCUT2D eigenvalue weighted by Gasteiger charge is -2.06. The molecule has 2 aromatic rings. The minimum atomic E-state index is 0.506. The SMILES string of the molecule is Cc1cc(CNc2ccc(C#N)cc2Cl)on1. The van der Waals surface area contributed by atoms with Crippen molar-refractivity contribution in [1.29, 1.82) is 5.26 Å². The fraction of sp³-hybridized carbons (Fsp3) is 0.167. The molecule has 0 aliphatic heterocycles. The first-order valence-electron chi connectivity index (χ1n) is 5.05. The molecule has 0 amide bonds. The third-order valence-corrected chi connectivity index (χ3v) is 2.54. The van der Waals surface area contributed by atoms with Crippen LogP contribution in [0.3, 0.4) is 0 Å². The van der Waals surface area contributed by atoms with E-state index in [-0.39, 0.29) is 0 Å². The van der Waals surface area contributed by atoms with Crippen molar-refractivity contribution in [2.24, 2.45) is 0 Å². The summed E-state index contributed by atoms with van der Waals surface area (Å²) >= 11 is 6.02. The van der Waals surface area contributed by atoms with Crippen LogP contribution in [0, 0.1) is 18.3 Å². The fourth-order valence-corrected chi connectivity index (χ4v) is 1.66. The lowest BCUT2D eigenvalue weighted by Crippen LogP contribution is -1.98. The van der Waals surface area contributed by atoms with E-state index in [1.807, 2.05) is 19.1 Å². The molecule has 0 atom stereocenters. The summed E-state index contributed by atoms with van der Waals surface area (Å²) in [5.41, 5.74) is 2.14. The van der Waals surface area contributed by atoms with Crippen LogP contribution >= 0.6 is 11.6 Å². The predicted octanol–water partition coefficient (Wildman–Crippen LogP) is 3.12. The highest BCUT2D eigenvalue weighted by Gasteiger charge is 2.04. The van der Waals surface area contributed by atoms with Crippen LogP contribution in [-0.2, 0) is 6.54 Å². The van der Waals surface area contributed by atoms with Crippen LogP contribution in [0.1, 0.15) is 17.0 Å². The van der Waals surface area contributed by atoms with Gasteiger partial charge >= 0.3 is 0 Å². The number of nitriles is 1. The van der Waals surface area contributed by atoms with Gasteiger partial charge < -0.3 is 9.84 Å². The Morgan fingerprint density at radius 2 is 2.29 bits per heavy atom. The van der Waals surface area contributed by atoms with E-state index in [0.29, 0.717) is 17.1 Å². The Morgan fingerprint density at radius 1 is 1.47 bits per heavy atom. The molecular formula is C12H10ClN3O. The first kappa shape index (κ1) is 11.5. The molecule has 0 saturated carbocycles. The molecule has 0 aliphatic carbocycles. The number of nitrogens with zero attached hydrogens (tertiary/aromatic N) is 2. The van der Waals surface area contributed by atoms with Gasteiger partial charge in [0.05, 0.1) is 34.6 Å². The van der Waals surface area contributed by atoms with Crippen molar-refractivity contribution in [3.05, 3.63) is 46.3 Å². The highest BCUT2D eigenvalue weighted by atomic mass is 35.5. The summed E-state index contributed by atoms with van der Waals surface area (Å²) in [4.78, 5) is 0. The number of aryl methyl sites for hydroxylation is 1. The van der Waals surface area contributed by atoms with Crippen LogP contribution in [0.25, 0.3) is 0 Å². The Morgan fingerprint density at radius 3 is 2.88 bits per heavy atom. The van der Waals surface area contributed by atoms with Crippen LogP contribution in [-0.4, -0.2) is 5.16 Å². The Kier molecular flexibility index (Phi) is 3.31. The van der Waals surface area contributed by atoms with Crippen molar-refractivity contribution < 1.29 is 4.52 Å². The minimum Gasteiger partial charge on any atom is -0.376 e. The lowest BCUT2D eigenvalue weighted by molar-refractivity contribution is 0.384. The zero-order chi connectivity index (χ0) is 12.3. The largest absolute Gasteiger partial charge is 0.376 e. The molecule has 0 aliphatic rings. The molecule has 0 saturated heterocycles. The third-order valence-electron chi connectivity index (χ3n) is 2.23. The molecule has 2 rings (SSSR count). The highest BCUT2D eigenvalue weighted by molar-refractivity contribution is 6.33. The average molecular weight is 248 g/mol. The van der Waals surface area contributed by atoms with Gasteiger partial charge in [0, 0.05) is 6.07 Å². The Hall–Kier alpha value is -1.99. The van der Waals surface area contributed by atoms with Crippen LogP contribution in [0.2, 0.25) is 5.02 Å². The maximum atomic E-state index is 8.71. The number of hydrogen-bond donors (Lipinski definition) is 1. The van der Waals surface area contributed by atoms with Gasteiger partial charge in [0.25, 0.3) is 0 Å². The molecule has 1 heterocycles. The molecule has 0 fully saturated rings. The third kappa shape index (κ3) is 2.77. The molecule has 0 spiro atoms. The summed E-state index contributed by atoms with van der Waals surface area (Å²) in [7, 11) is 0. The van der Waals surface area contributed by atoms with Gasteiger partial charge in [-0.1, -0.05) is 16.8 Å². The maximum Gasteiger partial charge on any atom is 0.156 e. The van der Waals surface area contributed by atoms with Gasteiger partial charge in [-0.2, -0.15) is 5.26 Å². The van der Waals surface area contributed by atoms with Crippen molar-refractivity contribution in [2.45, 2.75) is 13.5 Å². The van der Waals surface area contributed by atoms with Crippen LogP contribution in [0.5, 0.6) is 0 Å². The van der Waals surface area contributed by atoms with Crippen LogP contribution in [0.15, 0.2) is 28.8 Å². The lowest BCUT2D eigenvalue weighted by atomic mass is 10.2. The molecule has 0 radical (unpaired) electrons. The van der Waals surface area contributed by atoms with E-state index in [1.165, 1.54) is 0 Å². The zero-order valence-electron chi connectivity index (χ0n) is 9.20. The monoisotopic (exact) mass is 247 g/mol. The van der Waals surface area contributed by atoms with Crippen molar-refractivity contribution >= 4 is 17.3 Å². The molecular weight excluding hydrogens is 238 g/mol.